The molecule has 0 bridgehead atoms. The van der Waals surface area contributed by atoms with Crippen LogP contribution in [0.15, 0.2) is 53.3 Å². The van der Waals surface area contributed by atoms with E-state index in [-0.39, 0.29) is 28.5 Å². The van der Waals surface area contributed by atoms with Gasteiger partial charge in [0.05, 0.1) is 17.3 Å². The number of halogens is 3. The molecule has 4 nitrogen and oxygen atoms in total. The van der Waals surface area contributed by atoms with Crippen molar-refractivity contribution >= 4 is 23.2 Å². The maximum absolute atomic E-state index is 14.9. The summed E-state index contributed by atoms with van der Waals surface area (Å²) in [7, 11) is 0. The number of hydrogen-bond donors (Lipinski definition) is 1. The van der Waals surface area contributed by atoms with E-state index in [0.29, 0.717) is 6.42 Å². The second-order valence-electron chi connectivity index (χ2n) is 5.76. The van der Waals surface area contributed by atoms with Crippen molar-refractivity contribution < 1.29 is 9.13 Å². The van der Waals surface area contributed by atoms with Gasteiger partial charge in [0, 0.05) is 5.02 Å². The van der Waals surface area contributed by atoms with Gasteiger partial charge in [0.15, 0.2) is 16.6 Å². The molecule has 136 valence electrons. The first-order valence-electron chi connectivity index (χ1n) is 8.00. The Hall–Kier alpha value is -2.81. The van der Waals surface area contributed by atoms with Gasteiger partial charge < -0.3 is 9.72 Å². The summed E-state index contributed by atoms with van der Waals surface area (Å²) in [6.45, 7) is 0. The third kappa shape index (κ3) is 4.48. The monoisotopic (exact) mass is 402 g/mol. The van der Waals surface area contributed by atoms with Gasteiger partial charge in [0.2, 0.25) is 0 Å². The highest BCUT2D eigenvalue weighted by Crippen LogP contribution is 2.32. The summed E-state index contributed by atoms with van der Waals surface area (Å²) in [6, 6.07) is 15.6. The minimum atomic E-state index is -0.756. The molecule has 0 aliphatic carbocycles. The molecular weight excluding hydrogens is 390 g/mol. The van der Waals surface area contributed by atoms with Gasteiger partial charge in [-0.15, -0.1) is 0 Å². The predicted molar refractivity (Wildman–Crippen MR) is 102 cm³/mol. The molecule has 3 aromatic rings. The van der Waals surface area contributed by atoms with Crippen molar-refractivity contribution in [1.82, 2.24) is 4.98 Å². The van der Waals surface area contributed by atoms with Crippen LogP contribution in [0.4, 0.5) is 4.39 Å². The van der Waals surface area contributed by atoms with Gasteiger partial charge in [-0.2, -0.15) is 5.26 Å². The molecule has 0 aliphatic rings. The second kappa shape index (κ2) is 8.26. The molecule has 0 atom stereocenters. The summed E-state index contributed by atoms with van der Waals surface area (Å²) >= 11 is 11.9. The lowest BCUT2D eigenvalue weighted by molar-refractivity contribution is 0.434. The zero-order valence-corrected chi connectivity index (χ0v) is 15.4. The van der Waals surface area contributed by atoms with Crippen LogP contribution >= 0.6 is 23.2 Å². The minimum Gasteiger partial charge on any atom is -0.452 e. The minimum absolute atomic E-state index is 0.0887. The molecule has 0 fully saturated rings. The number of rotatable bonds is 5. The zero-order valence-electron chi connectivity index (χ0n) is 13.9. The molecule has 0 saturated carbocycles. The third-order valence-electron chi connectivity index (χ3n) is 3.85. The van der Waals surface area contributed by atoms with Crippen LogP contribution in [0.1, 0.15) is 16.8 Å². The van der Waals surface area contributed by atoms with Gasteiger partial charge >= 0.3 is 0 Å². The summed E-state index contributed by atoms with van der Waals surface area (Å²) in [5.74, 6) is -1.04. The highest BCUT2D eigenvalue weighted by atomic mass is 35.5. The summed E-state index contributed by atoms with van der Waals surface area (Å²) in [5.41, 5.74) is 0.677. The smallest absolute Gasteiger partial charge is 0.270 e. The van der Waals surface area contributed by atoms with Crippen molar-refractivity contribution in [1.29, 1.82) is 5.26 Å². The van der Waals surface area contributed by atoms with Crippen molar-refractivity contribution in [3.05, 3.63) is 91.6 Å². The first kappa shape index (κ1) is 19.0. The summed E-state index contributed by atoms with van der Waals surface area (Å²) < 4.78 is 20.4. The average Bonchev–Trinajstić information content (AvgIpc) is 2.67. The maximum Gasteiger partial charge on any atom is 0.270 e. The lowest BCUT2D eigenvalue weighted by atomic mass is 10.1. The highest BCUT2D eigenvalue weighted by Gasteiger charge is 2.19. The molecular formula is C20H13Cl2FN2O2. The number of nitriles is 1. The summed E-state index contributed by atoms with van der Waals surface area (Å²) in [5, 5.41) is 8.85. The number of nitrogens with zero attached hydrogens (tertiary/aromatic N) is 1. The topological polar surface area (TPSA) is 65.9 Å². The number of H-pyrrole nitrogens is 1. The Labute approximate surface area is 164 Å². The number of benzene rings is 2. The molecule has 0 unspecified atom stereocenters. The van der Waals surface area contributed by atoms with E-state index < -0.39 is 22.1 Å². The fourth-order valence-corrected chi connectivity index (χ4v) is 2.96. The van der Waals surface area contributed by atoms with Crippen molar-refractivity contribution in [2.45, 2.75) is 12.8 Å². The predicted octanol–water partition coefficient (Wildman–Crippen LogP) is 5.27. The lowest BCUT2D eigenvalue weighted by Gasteiger charge is -2.12. The number of nitrogens with one attached hydrogen (secondary N) is 1. The summed E-state index contributed by atoms with van der Waals surface area (Å²) in [6.07, 6.45) is 0.794. The Kier molecular flexibility index (Phi) is 5.80. The summed E-state index contributed by atoms with van der Waals surface area (Å²) in [4.78, 5) is 14.5. The normalized spacial score (nSPS) is 10.4. The van der Waals surface area contributed by atoms with Crippen molar-refractivity contribution in [3.63, 3.8) is 0 Å². The average molecular weight is 403 g/mol. The molecule has 1 N–H and O–H groups in total. The molecule has 7 heteroatoms. The number of aromatic amines is 1. The Morgan fingerprint density at radius 3 is 2.56 bits per heavy atom. The van der Waals surface area contributed by atoms with E-state index in [1.165, 1.54) is 18.2 Å². The van der Waals surface area contributed by atoms with Crippen LogP contribution in [0.2, 0.25) is 10.0 Å². The number of ether oxygens (including phenoxy) is 1. The van der Waals surface area contributed by atoms with Gasteiger partial charge in [0.25, 0.3) is 5.56 Å². The molecule has 27 heavy (non-hydrogen) atoms. The molecule has 1 heterocycles. The van der Waals surface area contributed by atoms with Crippen LogP contribution in [0.3, 0.4) is 0 Å². The maximum atomic E-state index is 14.9. The highest BCUT2D eigenvalue weighted by molar-refractivity contribution is 6.32. The number of aryl methyl sites for hydroxylation is 2. The third-order valence-corrected chi connectivity index (χ3v) is 4.42. The van der Waals surface area contributed by atoms with E-state index in [2.05, 4.69) is 4.98 Å². The number of aromatic nitrogens is 1. The Bertz CT molecular complexity index is 1080. The first-order chi connectivity index (χ1) is 13.0. The van der Waals surface area contributed by atoms with Gasteiger partial charge in [0.1, 0.15) is 5.75 Å². The Balaban J connectivity index is 1.93. The van der Waals surface area contributed by atoms with Crippen molar-refractivity contribution in [2.75, 3.05) is 0 Å². The first-order valence-corrected chi connectivity index (χ1v) is 8.76. The van der Waals surface area contributed by atoms with Crippen LogP contribution in [0, 0.1) is 17.1 Å². The number of pyridine rings is 1. The van der Waals surface area contributed by atoms with Crippen LogP contribution < -0.4 is 10.3 Å². The molecule has 0 radical (unpaired) electrons. The van der Waals surface area contributed by atoms with E-state index >= 15 is 0 Å². The van der Waals surface area contributed by atoms with E-state index in [4.69, 9.17) is 33.2 Å². The molecule has 1 aromatic heterocycles. The van der Waals surface area contributed by atoms with Gasteiger partial charge in [-0.1, -0.05) is 53.5 Å². The van der Waals surface area contributed by atoms with Crippen LogP contribution in [0.25, 0.3) is 0 Å². The van der Waals surface area contributed by atoms with Gasteiger partial charge in [-0.05, 0) is 36.6 Å². The molecule has 0 saturated heterocycles. The van der Waals surface area contributed by atoms with E-state index in [9.17, 15) is 9.18 Å². The fraction of sp³-hybridized carbons (Fsp3) is 0.100. The van der Waals surface area contributed by atoms with Crippen molar-refractivity contribution in [2.24, 2.45) is 0 Å². The Morgan fingerprint density at radius 2 is 1.85 bits per heavy atom. The molecule has 0 aliphatic heterocycles. The fourth-order valence-electron chi connectivity index (χ4n) is 2.56. The van der Waals surface area contributed by atoms with E-state index in [1.54, 1.807) is 0 Å². The zero-order chi connectivity index (χ0) is 19.4. The molecule has 3 rings (SSSR count). The molecule has 0 spiro atoms. The lowest BCUT2D eigenvalue weighted by Crippen LogP contribution is -2.14. The second-order valence-corrected chi connectivity index (χ2v) is 6.58. The van der Waals surface area contributed by atoms with E-state index in [0.717, 1.165) is 5.56 Å². The Morgan fingerprint density at radius 1 is 1.11 bits per heavy atom. The van der Waals surface area contributed by atoms with Gasteiger partial charge in [-0.3, -0.25) is 4.79 Å². The largest absolute Gasteiger partial charge is 0.452 e. The van der Waals surface area contributed by atoms with Crippen LogP contribution in [-0.4, -0.2) is 4.98 Å². The van der Waals surface area contributed by atoms with Crippen LogP contribution in [0.5, 0.6) is 11.5 Å². The molecule has 2 aromatic carbocycles. The SMILES string of the molecule is N#Cc1cc(Cl)cc(Oc2c(F)c(CCc3ccccc3)[nH]c(=O)c2Cl)c1. The van der Waals surface area contributed by atoms with Gasteiger partial charge in [-0.25, -0.2) is 4.39 Å². The number of hydrogen-bond acceptors (Lipinski definition) is 3. The van der Waals surface area contributed by atoms with E-state index in [1.807, 2.05) is 36.4 Å². The quantitative estimate of drug-likeness (QED) is 0.631. The molecule has 0 amide bonds. The van der Waals surface area contributed by atoms with Crippen molar-refractivity contribution in [3.8, 4) is 17.6 Å². The standard InChI is InChI=1S/C20H13Cl2FN2O2/c21-14-8-13(11-24)9-15(10-14)27-19-17(22)20(26)25-16(18(19)23)7-6-12-4-2-1-3-5-12/h1-5,8-10H,6-7H2,(H,25,26). The van der Waals surface area contributed by atoms with Crippen LogP contribution in [-0.2, 0) is 12.8 Å².